The lowest BCUT2D eigenvalue weighted by molar-refractivity contribution is 0.0696. The van der Waals surface area contributed by atoms with Gasteiger partial charge < -0.3 is 9.52 Å². The van der Waals surface area contributed by atoms with E-state index >= 15 is 0 Å². The number of benzene rings is 1. The SMILES string of the molecule is Cc1ccc(-c2cc(C(=O)O)co2)cc1. The third-order valence-electron chi connectivity index (χ3n) is 2.18. The molecule has 0 unspecified atom stereocenters. The van der Waals surface area contributed by atoms with E-state index < -0.39 is 5.97 Å². The number of hydrogen-bond acceptors (Lipinski definition) is 2. The van der Waals surface area contributed by atoms with Crippen molar-refractivity contribution in [1.29, 1.82) is 0 Å². The van der Waals surface area contributed by atoms with E-state index in [0.29, 0.717) is 5.76 Å². The molecule has 3 heteroatoms. The van der Waals surface area contributed by atoms with E-state index in [9.17, 15) is 4.79 Å². The van der Waals surface area contributed by atoms with Crippen molar-refractivity contribution in [2.24, 2.45) is 0 Å². The highest BCUT2D eigenvalue weighted by Gasteiger charge is 2.09. The Hall–Kier alpha value is -2.03. The summed E-state index contributed by atoms with van der Waals surface area (Å²) in [7, 11) is 0. The number of hydrogen-bond donors (Lipinski definition) is 1. The predicted molar refractivity (Wildman–Crippen MR) is 55.8 cm³/mol. The molecule has 15 heavy (non-hydrogen) atoms. The van der Waals surface area contributed by atoms with Crippen LogP contribution in [0.15, 0.2) is 41.0 Å². The summed E-state index contributed by atoms with van der Waals surface area (Å²) in [5.74, 6) is -0.399. The van der Waals surface area contributed by atoms with Crippen molar-refractivity contribution in [3.8, 4) is 11.3 Å². The summed E-state index contributed by atoms with van der Waals surface area (Å²) in [6, 6.07) is 9.24. The molecule has 76 valence electrons. The van der Waals surface area contributed by atoms with E-state index in [0.717, 1.165) is 11.1 Å². The molecule has 1 N–H and O–H groups in total. The molecule has 0 spiro atoms. The molecule has 3 nitrogen and oxygen atoms in total. The Morgan fingerprint density at radius 2 is 1.93 bits per heavy atom. The predicted octanol–water partition coefficient (Wildman–Crippen LogP) is 2.95. The lowest BCUT2D eigenvalue weighted by Gasteiger charge is -1.96. The first-order chi connectivity index (χ1) is 7.16. The van der Waals surface area contributed by atoms with Gasteiger partial charge in [-0.3, -0.25) is 0 Å². The highest BCUT2D eigenvalue weighted by molar-refractivity contribution is 5.88. The monoisotopic (exact) mass is 202 g/mol. The number of furan rings is 1. The van der Waals surface area contributed by atoms with Crippen LogP contribution in [0.5, 0.6) is 0 Å². The molecule has 0 fully saturated rings. The number of aromatic carboxylic acids is 1. The zero-order valence-electron chi connectivity index (χ0n) is 8.23. The van der Waals surface area contributed by atoms with Crippen LogP contribution in [0.2, 0.25) is 0 Å². The van der Waals surface area contributed by atoms with Crippen LogP contribution in [0.1, 0.15) is 15.9 Å². The summed E-state index contributed by atoms with van der Waals surface area (Å²) in [5, 5.41) is 8.73. The molecule has 1 heterocycles. The van der Waals surface area contributed by atoms with E-state index in [-0.39, 0.29) is 5.56 Å². The van der Waals surface area contributed by atoms with Gasteiger partial charge in [0.15, 0.2) is 0 Å². The third kappa shape index (κ3) is 1.91. The largest absolute Gasteiger partial charge is 0.478 e. The molecule has 0 radical (unpaired) electrons. The standard InChI is InChI=1S/C12H10O3/c1-8-2-4-9(5-3-8)11-6-10(7-15-11)12(13)14/h2-7H,1H3,(H,13,14). The molecule has 0 bridgehead atoms. The van der Waals surface area contributed by atoms with Crippen molar-refractivity contribution in [2.75, 3.05) is 0 Å². The van der Waals surface area contributed by atoms with E-state index in [1.54, 1.807) is 0 Å². The van der Waals surface area contributed by atoms with Gasteiger partial charge in [-0.05, 0) is 13.0 Å². The highest BCUT2D eigenvalue weighted by atomic mass is 16.4. The fraction of sp³-hybridized carbons (Fsp3) is 0.0833. The zero-order chi connectivity index (χ0) is 10.8. The molecule has 0 saturated carbocycles. The van der Waals surface area contributed by atoms with Crippen LogP contribution in [0.4, 0.5) is 0 Å². The van der Waals surface area contributed by atoms with Crippen molar-refractivity contribution in [1.82, 2.24) is 0 Å². The van der Waals surface area contributed by atoms with Gasteiger partial charge in [-0.1, -0.05) is 29.8 Å². The lowest BCUT2D eigenvalue weighted by atomic mass is 10.1. The summed E-state index contributed by atoms with van der Waals surface area (Å²) < 4.78 is 5.17. The maximum atomic E-state index is 10.6. The second-order valence-electron chi connectivity index (χ2n) is 3.37. The molecular formula is C12H10O3. The van der Waals surface area contributed by atoms with Gasteiger partial charge in [0, 0.05) is 5.56 Å². The molecule has 0 aliphatic heterocycles. The van der Waals surface area contributed by atoms with E-state index in [1.165, 1.54) is 12.3 Å². The highest BCUT2D eigenvalue weighted by Crippen LogP contribution is 2.22. The van der Waals surface area contributed by atoms with Gasteiger partial charge in [0.05, 0.1) is 5.56 Å². The second kappa shape index (κ2) is 3.61. The van der Waals surface area contributed by atoms with E-state index in [4.69, 9.17) is 9.52 Å². The van der Waals surface area contributed by atoms with Crippen LogP contribution in [0.3, 0.4) is 0 Å². The first kappa shape index (κ1) is 9.52. The Labute approximate surface area is 87.0 Å². The summed E-state index contributed by atoms with van der Waals surface area (Å²) in [4.78, 5) is 10.6. The van der Waals surface area contributed by atoms with E-state index in [1.807, 2.05) is 31.2 Å². The molecule has 1 aromatic heterocycles. The first-order valence-electron chi connectivity index (χ1n) is 4.55. The average molecular weight is 202 g/mol. The first-order valence-corrected chi connectivity index (χ1v) is 4.55. The molecular weight excluding hydrogens is 192 g/mol. The second-order valence-corrected chi connectivity index (χ2v) is 3.37. The molecule has 0 aliphatic rings. The molecule has 0 aliphatic carbocycles. The Kier molecular flexibility index (Phi) is 2.29. The molecule has 0 atom stereocenters. The third-order valence-corrected chi connectivity index (χ3v) is 2.18. The summed E-state index contributed by atoms with van der Waals surface area (Å²) in [6.45, 7) is 1.99. The molecule has 0 amide bonds. The maximum Gasteiger partial charge on any atom is 0.338 e. The van der Waals surface area contributed by atoms with Gasteiger partial charge in [0.2, 0.25) is 0 Å². The minimum Gasteiger partial charge on any atom is -0.478 e. The van der Waals surface area contributed by atoms with Gasteiger partial charge in [-0.2, -0.15) is 0 Å². The lowest BCUT2D eigenvalue weighted by Crippen LogP contribution is -1.91. The zero-order valence-corrected chi connectivity index (χ0v) is 8.23. The summed E-state index contributed by atoms with van der Waals surface area (Å²) in [6.07, 6.45) is 1.25. The van der Waals surface area contributed by atoms with Crippen LogP contribution in [-0.4, -0.2) is 11.1 Å². The fourth-order valence-corrected chi connectivity index (χ4v) is 1.32. The molecule has 0 saturated heterocycles. The number of carboxylic acids is 1. The smallest absolute Gasteiger partial charge is 0.338 e. The Bertz CT molecular complexity index is 480. The summed E-state index contributed by atoms with van der Waals surface area (Å²) >= 11 is 0. The van der Waals surface area contributed by atoms with Crippen molar-refractivity contribution < 1.29 is 14.3 Å². The number of carboxylic acid groups (broad SMARTS) is 1. The minimum atomic E-state index is -0.975. The van der Waals surface area contributed by atoms with Crippen LogP contribution >= 0.6 is 0 Å². The van der Waals surface area contributed by atoms with Crippen LogP contribution < -0.4 is 0 Å². The van der Waals surface area contributed by atoms with E-state index in [2.05, 4.69) is 0 Å². The van der Waals surface area contributed by atoms with Crippen LogP contribution in [0.25, 0.3) is 11.3 Å². The number of carbonyl (C=O) groups is 1. The topological polar surface area (TPSA) is 50.4 Å². The average Bonchev–Trinajstić information content (AvgIpc) is 2.68. The van der Waals surface area contributed by atoms with Crippen molar-refractivity contribution >= 4 is 5.97 Å². The van der Waals surface area contributed by atoms with Gasteiger partial charge in [-0.15, -0.1) is 0 Å². The fourth-order valence-electron chi connectivity index (χ4n) is 1.32. The van der Waals surface area contributed by atoms with Gasteiger partial charge in [0.1, 0.15) is 12.0 Å². The molecule has 2 aromatic rings. The van der Waals surface area contributed by atoms with Crippen LogP contribution in [0, 0.1) is 6.92 Å². The normalized spacial score (nSPS) is 10.2. The van der Waals surface area contributed by atoms with Crippen molar-refractivity contribution in [2.45, 2.75) is 6.92 Å². The quantitative estimate of drug-likeness (QED) is 0.814. The summed E-state index contributed by atoms with van der Waals surface area (Å²) in [5.41, 5.74) is 2.21. The number of aryl methyl sites for hydroxylation is 1. The minimum absolute atomic E-state index is 0.172. The van der Waals surface area contributed by atoms with Gasteiger partial charge in [-0.25, -0.2) is 4.79 Å². The Morgan fingerprint density at radius 1 is 1.27 bits per heavy atom. The molecule has 2 rings (SSSR count). The number of rotatable bonds is 2. The Morgan fingerprint density at radius 3 is 2.47 bits per heavy atom. The van der Waals surface area contributed by atoms with Crippen molar-refractivity contribution in [3.63, 3.8) is 0 Å². The van der Waals surface area contributed by atoms with Gasteiger partial charge in [0.25, 0.3) is 0 Å². The van der Waals surface area contributed by atoms with Crippen molar-refractivity contribution in [3.05, 3.63) is 47.7 Å². The van der Waals surface area contributed by atoms with Gasteiger partial charge >= 0.3 is 5.97 Å². The van der Waals surface area contributed by atoms with Crippen LogP contribution in [-0.2, 0) is 0 Å². The Balaban J connectivity index is 2.37. The molecule has 1 aromatic carbocycles. The maximum absolute atomic E-state index is 10.6.